The van der Waals surface area contributed by atoms with Gasteiger partial charge in [-0.3, -0.25) is 9.69 Å². The standard InChI is InChI=1S/C17H23N3O2S/c1-3-19-14-6-4-5-7-15(14)20(17(19)23)12-18-10-8-13(9-11-18)16(21)22-2/h4-7,13H,3,8-12H2,1-2H3. The molecule has 124 valence electrons. The van der Waals surface area contributed by atoms with Crippen LogP contribution in [0.2, 0.25) is 0 Å². The first kappa shape index (κ1) is 16.2. The van der Waals surface area contributed by atoms with Gasteiger partial charge in [-0.05, 0) is 44.1 Å². The zero-order valence-electron chi connectivity index (χ0n) is 13.7. The van der Waals surface area contributed by atoms with Crippen LogP contribution in [0.5, 0.6) is 0 Å². The normalized spacial score (nSPS) is 16.8. The van der Waals surface area contributed by atoms with E-state index in [0.717, 1.165) is 43.9 Å². The highest BCUT2D eigenvalue weighted by molar-refractivity contribution is 7.71. The molecule has 1 aliphatic heterocycles. The Morgan fingerprint density at radius 1 is 1.22 bits per heavy atom. The summed E-state index contributed by atoms with van der Waals surface area (Å²) in [5.41, 5.74) is 2.36. The summed E-state index contributed by atoms with van der Waals surface area (Å²) in [5, 5.41) is 0. The second-order valence-electron chi connectivity index (χ2n) is 6.00. The van der Waals surface area contributed by atoms with Crippen molar-refractivity contribution in [3.05, 3.63) is 29.0 Å². The van der Waals surface area contributed by atoms with Gasteiger partial charge in [0.1, 0.15) is 0 Å². The second kappa shape index (κ2) is 6.84. The zero-order chi connectivity index (χ0) is 16.4. The maximum absolute atomic E-state index is 11.6. The fourth-order valence-corrected chi connectivity index (χ4v) is 3.78. The molecule has 0 saturated carbocycles. The van der Waals surface area contributed by atoms with E-state index in [9.17, 15) is 4.79 Å². The molecule has 0 amide bonds. The van der Waals surface area contributed by atoms with E-state index < -0.39 is 0 Å². The number of esters is 1. The van der Waals surface area contributed by atoms with Crippen molar-refractivity contribution in [2.75, 3.05) is 20.2 Å². The molecule has 0 N–H and O–H groups in total. The number of nitrogens with zero attached hydrogens (tertiary/aromatic N) is 3. The van der Waals surface area contributed by atoms with E-state index in [1.807, 2.05) is 0 Å². The lowest BCUT2D eigenvalue weighted by molar-refractivity contribution is -0.147. The van der Waals surface area contributed by atoms with Crippen LogP contribution < -0.4 is 0 Å². The number of hydrogen-bond donors (Lipinski definition) is 0. The van der Waals surface area contributed by atoms with Crippen molar-refractivity contribution in [3.63, 3.8) is 0 Å². The predicted octanol–water partition coefficient (Wildman–Crippen LogP) is 3.03. The van der Waals surface area contributed by atoms with E-state index in [1.165, 1.54) is 18.1 Å². The highest BCUT2D eigenvalue weighted by Crippen LogP contribution is 2.22. The summed E-state index contributed by atoms with van der Waals surface area (Å²) in [6, 6.07) is 8.35. The van der Waals surface area contributed by atoms with E-state index in [-0.39, 0.29) is 11.9 Å². The quantitative estimate of drug-likeness (QED) is 0.637. The summed E-state index contributed by atoms with van der Waals surface area (Å²) in [6.07, 6.45) is 1.71. The maximum atomic E-state index is 11.6. The van der Waals surface area contributed by atoms with Crippen LogP contribution in [0.15, 0.2) is 24.3 Å². The molecule has 2 heterocycles. The third-order valence-corrected chi connectivity index (χ3v) is 5.15. The smallest absolute Gasteiger partial charge is 0.308 e. The predicted molar refractivity (Wildman–Crippen MR) is 92.7 cm³/mol. The molecule has 23 heavy (non-hydrogen) atoms. The minimum Gasteiger partial charge on any atom is -0.469 e. The number of para-hydroxylation sites is 2. The van der Waals surface area contributed by atoms with Gasteiger partial charge in [-0.25, -0.2) is 0 Å². The van der Waals surface area contributed by atoms with Crippen molar-refractivity contribution >= 4 is 29.2 Å². The van der Waals surface area contributed by atoms with Gasteiger partial charge in [-0.15, -0.1) is 0 Å². The van der Waals surface area contributed by atoms with Crippen LogP contribution in [0.25, 0.3) is 11.0 Å². The summed E-state index contributed by atoms with van der Waals surface area (Å²) < 4.78 is 10.1. The van der Waals surface area contributed by atoms with E-state index >= 15 is 0 Å². The Morgan fingerprint density at radius 2 is 1.83 bits per heavy atom. The van der Waals surface area contributed by atoms with E-state index in [4.69, 9.17) is 17.0 Å². The number of benzene rings is 1. The van der Waals surface area contributed by atoms with E-state index in [1.54, 1.807) is 0 Å². The number of carbonyl (C=O) groups excluding carboxylic acids is 1. The third kappa shape index (κ3) is 3.05. The Labute approximate surface area is 141 Å². The van der Waals surface area contributed by atoms with Gasteiger partial charge in [-0.1, -0.05) is 12.1 Å². The summed E-state index contributed by atoms with van der Waals surface area (Å²) in [7, 11) is 1.47. The van der Waals surface area contributed by atoms with E-state index in [0.29, 0.717) is 0 Å². The molecule has 1 saturated heterocycles. The van der Waals surface area contributed by atoms with Crippen LogP contribution in [-0.4, -0.2) is 40.2 Å². The lowest BCUT2D eigenvalue weighted by Gasteiger charge is -2.30. The summed E-state index contributed by atoms with van der Waals surface area (Å²) >= 11 is 5.67. The van der Waals surface area contributed by atoms with Crippen molar-refractivity contribution < 1.29 is 9.53 Å². The van der Waals surface area contributed by atoms with Crippen molar-refractivity contribution in [3.8, 4) is 0 Å². The molecule has 5 nitrogen and oxygen atoms in total. The minimum absolute atomic E-state index is 0.0428. The lowest BCUT2D eigenvalue weighted by atomic mass is 9.97. The molecule has 1 aromatic carbocycles. The monoisotopic (exact) mass is 333 g/mol. The topological polar surface area (TPSA) is 39.4 Å². The van der Waals surface area contributed by atoms with Crippen LogP contribution in [0.3, 0.4) is 0 Å². The van der Waals surface area contributed by atoms with Gasteiger partial charge in [0.25, 0.3) is 0 Å². The zero-order valence-corrected chi connectivity index (χ0v) is 14.5. The van der Waals surface area contributed by atoms with Crippen LogP contribution in [0, 0.1) is 10.7 Å². The Bertz CT molecular complexity index is 757. The van der Waals surface area contributed by atoms with Crippen molar-refractivity contribution in [2.45, 2.75) is 33.0 Å². The fourth-order valence-electron chi connectivity index (χ4n) is 3.39. The lowest BCUT2D eigenvalue weighted by Crippen LogP contribution is -2.37. The molecule has 1 fully saturated rings. The Balaban J connectivity index is 1.79. The number of methoxy groups -OCH3 is 1. The molecule has 0 aliphatic carbocycles. The summed E-state index contributed by atoms with van der Waals surface area (Å²) in [6.45, 7) is 5.56. The molecule has 0 radical (unpaired) electrons. The molecule has 0 unspecified atom stereocenters. The van der Waals surface area contributed by atoms with Gasteiger partial charge < -0.3 is 13.9 Å². The van der Waals surface area contributed by atoms with Crippen molar-refractivity contribution in [1.29, 1.82) is 0 Å². The van der Waals surface area contributed by atoms with Gasteiger partial charge in [0.05, 0.1) is 30.7 Å². The molecule has 1 aromatic heterocycles. The second-order valence-corrected chi connectivity index (χ2v) is 6.37. The number of carbonyl (C=O) groups is 1. The maximum Gasteiger partial charge on any atom is 0.308 e. The fraction of sp³-hybridized carbons (Fsp3) is 0.529. The van der Waals surface area contributed by atoms with Gasteiger partial charge in [0, 0.05) is 19.6 Å². The molecular weight excluding hydrogens is 310 g/mol. The largest absolute Gasteiger partial charge is 0.469 e. The number of rotatable bonds is 4. The summed E-state index contributed by atoms with van der Waals surface area (Å²) in [4.78, 5) is 14.0. The molecule has 1 aliphatic rings. The average Bonchev–Trinajstić information content (AvgIpc) is 2.86. The molecule has 3 rings (SSSR count). The first-order valence-corrected chi connectivity index (χ1v) is 8.54. The van der Waals surface area contributed by atoms with Gasteiger partial charge in [0.15, 0.2) is 4.77 Å². The Hall–Kier alpha value is -1.66. The highest BCUT2D eigenvalue weighted by Gasteiger charge is 2.26. The molecular formula is C17H23N3O2S. The molecule has 6 heteroatoms. The Kier molecular flexibility index (Phi) is 4.82. The van der Waals surface area contributed by atoms with Gasteiger partial charge in [-0.2, -0.15) is 0 Å². The van der Waals surface area contributed by atoms with E-state index in [2.05, 4.69) is 45.2 Å². The number of fused-ring (bicyclic) bond motifs is 1. The number of piperidine rings is 1. The number of likely N-dealkylation sites (tertiary alicyclic amines) is 1. The molecule has 0 atom stereocenters. The van der Waals surface area contributed by atoms with Gasteiger partial charge in [0.2, 0.25) is 0 Å². The van der Waals surface area contributed by atoms with Crippen LogP contribution in [0.1, 0.15) is 19.8 Å². The van der Waals surface area contributed by atoms with Crippen molar-refractivity contribution in [1.82, 2.24) is 14.0 Å². The van der Waals surface area contributed by atoms with Gasteiger partial charge >= 0.3 is 5.97 Å². The number of imidazole rings is 1. The van der Waals surface area contributed by atoms with Crippen LogP contribution in [-0.2, 0) is 22.7 Å². The number of aryl methyl sites for hydroxylation is 1. The molecule has 0 bridgehead atoms. The first-order chi connectivity index (χ1) is 11.2. The third-order valence-electron chi connectivity index (χ3n) is 4.70. The SMILES string of the molecule is CCn1c(=S)n(CN2CCC(C(=O)OC)CC2)c2ccccc21. The summed E-state index contributed by atoms with van der Waals surface area (Å²) in [5.74, 6) is -0.0370. The number of aromatic nitrogens is 2. The number of hydrogen-bond acceptors (Lipinski definition) is 4. The highest BCUT2D eigenvalue weighted by atomic mass is 32.1. The molecule has 0 spiro atoms. The van der Waals surface area contributed by atoms with Crippen LogP contribution in [0.4, 0.5) is 0 Å². The molecule has 2 aromatic rings. The number of ether oxygens (including phenoxy) is 1. The van der Waals surface area contributed by atoms with Crippen molar-refractivity contribution in [2.24, 2.45) is 5.92 Å². The first-order valence-electron chi connectivity index (χ1n) is 8.14. The minimum atomic E-state index is -0.0798. The average molecular weight is 333 g/mol. The van der Waals surface area contributed by atoms with Crippen LogP contribution >= 0.6 is 12.2 Å². The Morgan fingerprint density at radius 3 is 2.39 bits per heavy atom.